The van der Waals surface area contributed by atoms with Gasteiger partial charge in [0, 0.05) is 26.3 Å². The molecule has 128 valence electrons. The number of hydrogen-bond acceptors (Lipinski definition) is 3. The van der Waals surface area contributed by atoms with E-state index in [2.05, 4.69) is 10.6 Å². The molecule has 3 amide bonds. The fraction of sp³-hybridized carbons (Fsp3) is 0.176. The van der Waals surface area contributed by atoms with Crippen molar-refractivity contribution in [1.29, 1.82) is 0 Å². The van der Waals surface area contributed by atoms with E-state index >= 15 is 0 Å². The van der Waals surface area contributed by atoms with Crippen molar-refractivity contribution in [2.45, 2.75) is 6.54 Å². The van der Waals surface area contributed by atoms with Crippen LogP contribution >= 0.6 is 0 Å². The first kappa shape index (κ1) is 18.8. The third-order valence-corrected chi connectivity index (χ3v) is 2.81. The Hall–Kier alpha value is -3.22. The minimum absolute atomic E-state index is 0.183. The molecule has 2 aromatic carbocycles. The average molecular weight is 331 g/mol. The maximum atomic E-state index is 11.1. The lowest BCUT2D eigenvalue weighted by Gasteiger charge is -2.11. The number of aromatic hydroxyl groups is 1. The molecule has 7 nitrogen and oxygen atoms in total. The van der Waals surface area contributed by atoms with E-state index in [-0.39, 0.29) is 11.8 Å². The van der Waals surface area contributed by atoms with Gasteiger partial charge in [-0.2, -0.15) is 0 Å². The molecule has 0 saturated heterocycles. The number of nitrogens with zero attached hydrogens (tertiary/aromatic N) is 1. The van der Waals surface area contributed by atoms with Gasteiger partial charge in [-0.25, -0.2) is 9.59 Å². The number of urea groups is 1. The zero-order chi connectivity index (χ0) is 17.9. The molecule has 24 heavy (non-hydrogen) atoms. The van der Waals surface area contributed by atoms with E-state index in [0.29, 0.717) is 12.2 Å². The molecular weight excluding hydrogens is 310 g/mol. The van der Waals surface area contributed by atoms with Crippen molar-refractivity contribution in [1.82, 2.24) is 10.2 Å². The van der Waals surface area contributed by atoms with Crippen LogP contribution in [0.4, 0.5) is 15.3 Å². The topological polar surface area (TPSA) is 102 Å². The molecule has 0 heterocycles. The van der Waals surface area contributed by atoms with Crippen molar-refractivity contribution >= 4 is 17.8 Å². The summed E-state index contributed by atoms with van der Waals surface area (Å²) < 4.78 is 0. The predicted octanol–water partition coefficient (Wildman–Crippen LogP) is 2.94. The normalized spacial score (nSPS) is 9.25. The highest BCUT2D eigenvalue weighted by Crippen LogP contribution is 2.13. The number of carbonyl (C=O) groups excluding carboxylic acids is 1. The minimum atomic E-state index is -0.992. The third-order valence-electron chi connectivity index (χ3n) is 2.81. The molecule has 0 fully saturated rings. The number of rotatable bonds is 3. The Bertz CT molecular complexity index is 643. The summed E-state index contributed by atoms with van der Waals surface area (Å²) in [5.74, 6) is 0.183. The highest BCUT2D eigenvalue weighted by atomic mass is 16.4. The van der Waals surface area contributed by atoms with Crippen LogP contribution in [0.2, 0.25) is 0 Å². The van der Waals surface area contributed by atoms with Crippen molar-refractivity contribution in [3.8, 4) is 5.75 Å². The van der Waals surface area contributed by atoms with Gasteiger partial charge in [0.15, 0.2) is 0 Å². The summed E-state index contributed by atoms with van der Waals surface area (Å²) >= 11 is 0. The fourth-order valence-corrected chi connectivity index (χ4v) is 1.55. The monoisotopic (exact) mass is 331 g/mol. The Balaban J connectivity index is 0.000000243. The van der Waals surface area contributed by atoms with Gasteiger partial charge >= 0.3 is 12.1 Å². The van der Waals surface area contributed by atoms with Gasteiger partial charge in [0.1, 0.15) is 5.75 Å². The summed E-state index contributed by atoms with van der Waals surface area (Å²) in [6, 6.07) is 15.5. The van der Waals surface area contributed by atoms with Gasteiger partial charge in [-0.3, -0.25) is 0 Å². The lowest BCUT2D eigenvalue weighted by Crippen LogP contribution is -2.27. The highest BCUT2D eigenvalue weighted by Gasteiger charge is 2.02. The smallest absolute Gasteiger partial charge is 0.404 e. The molecule has 2 aromatic rings. The summed E-state index contributed by atoms with van der Waals surface area (Å²) in [6.07, 6.45) is -0.992. The SMILES string of the molecule is CN(C)C(=O)Nc1ccc(O)cc1.O=C(O)NCc1ccccc1. The minimum Gasteiger partial charge on any atom is -0.508 e. The Labute approximate surface area is 140 Å². The molecule has 0 aromatic heterocycles. The quantitative estimate of drug-likeness (QED) is 0.649. The molecule has 7 heteroatoms. The number of amides is 3. The van der Waals surface area contributed by atoms with Gasteiger partial charge in [-0.1, -0.05) is 30.3 Å². The van der Waals surface area contributed by atoms with E-state index in [0.717, 1.165) is 5.56 Å². The van der Waals surface area contributed by atoms with Crippen LogP contribution in [0.15, 0.2) is 54.6 Å². The number of benzene rings is 2. The maximum Gasteiger partial charge on any atom is 0.404 e. The van der Waals surface area contributed by atoms with Gasteiger partial charge in [-0.15, -0.1) is 0 Å². The number of anilines is 1. The second-order valence-corrected chi connectivity index (χ2v) is 5.02. The molecule has 0 spiro atoms. The molecule has 2 rings (SSSR count). The largest absolute Gasteiger partial charge is 0.508 e. The summed E-state index contributed by atoms with van der Waals surface area (Å²) in [4.78, 5) is 22.6. The molecule has 0 radical (unpaired) electrons. The van der Waals surface area contributed by atoms with Crippen molar-refractivity contribution in [2.75, 3.05) is 19.4 Å². The maximum absolute atomic E-state index is 11.1. The standard InChI is InChI=1S/C9H12N2O2.C8H9NO2/c1-11(2)9(13)10-7-3-5-8(12)6-4-7;10-8(11)9-6-7-4-2-1-3-5-7/h3-6,12H,1-2H3,(H,10,13);1-5,9H,6H2,(H,10,11). The molecule has 4 N–H and O–H groups in total. The summed E-state index contributed by atoms with van der Waals surface area (Å²) in [5.41, 5.74) is 1.63. The molecule has 0 unspecified atom stereocenters. The Morgan fingerprint density at radius 3 is 2.08 bits per heavy atom. The van der Waals surface area contributed by atoms with E-state index in [9.17, 15) is 9.59 Å². The van der Waals surface area contributed by atoms with Crippen molar-refractivity contribution < 1.29 is 19.8 Å². The second kappa shape index (κ2) is 9.73. The Kier molecular flexibility index (Phi) is 7.63. The van der Waals surface area contributed by atoms with Crippen LogP contribution in [-0.4, -0.2) is 41.3 Å². The molecule has 0 atom stereocenters. The van der Waals surface area contributed by atoms with Crippen LogP contribution < -0.4 is 10.6 Å². The van der Waals surface area contributed by atoms with E-state index in [4.69, 9.17) is 10.2 Å². The van der Waals surface area contributed by atoms with Gasteiger partial charge in [-0.05, 0) is 29.8 Å². The highest BCUT2D eigenvalue weighted by molar-refractivity contribution is 5.88. The lowest BCUT2D eigenvalue weighted by molar-refractivity contribution is 0.194. The first-order chi connectivity index (χ1) is 11.4. The molecular formula is C17H21N3O4. The molecule has 0 aliphatic rings. The lowest BCUT2D eigenvalue weighted by atomic mass is 10.2. The van der Waals surface area contributed by atoms with Crippen LogP contribution in [0.1, 0.15) is 5.56 Å². The van der Waals surface area contributed by atoms with E-state index in [1.165, 1.54) is 17.0 Å². The van der Waals surface area contributed by atoms with Gasteiger partial charge in [0.2, 0.25) is 0 Å². The van der Waals surface area contributed by atoms with E-state index < -0.39 is 6.09 Å². The van der Waals surface area contributed by atoms with Gasteiger partial charge in [0.05, 0.1) is 0 Å². The summed E-state index contributed by atoms with van der Waals surface area (Å²) in [6.45, 7) is 0.371. The first-order valence-corrected chi connectivity index (χ1v) is 7.16. The molecule has 0 aliphatic carbocycles. The zero-order valence-electron chi connectivity index (χ0n) is 13.6. The van der Waals surface area contributed by atoms with Crippen LogP contribution in [-0.2, 0) is 6.54 Å². The number of nitrogens with one attached hydrogen (secondary N) is 2. The van der Waals surface area contributed by atoms with Gasteiger partial charge in [0.25, 0.3) is 0 Å². The van der Waals surface area contributed by atoms with Gasteiger partial charge < -0.3 is 25.7 Å². The first-order valence-electron chi connectivity index (χ1n) is 7.16. The summed E-state index contributed by atoms with van der Waals surface area (Å²) in [7, 11) is 3.32. The molecule has 0 aliphatic heterocycles. The Morgan fingerprint density at radius 1 is 1.00 bits per heavy atom. The Morgan fingerprint density at radius 2 is 1.58 bits per heavy atom. The average Bonchev–Trinajstić information content (AvgIpc) is 2.56. The van der Waals surface area contributed by atoms with Crippen LogP contribution in [0.3, 0.4) is 0 Å². The predicted molar refractivity (Wildman–Crippen MR) is 92.1 cm³/mol. The summed E-state index contributed by atoms with van der Waals surface area (Å²) in [5, 5.41) is 22.2. The zero-order valence-corrected chi connectivity index (χ0v) is 13.6. The van der Waals surface area contributed by atoms with Crippen LogP contribution in [0.25, 0.3) is 0 Å². The number of phenolic OH excluding ortho intramolecular Hbond substituents is 1. The van der Waals surface area contributed by atoms with Crippen molar-refractivity contribution in [3.63, 3.8) is 0 Å². The van der Waals surface area contributed by atoms with E-state index in [1.54, 1.807) is 26.2 Å². The number of phenols is 1. The van der Waals surface area contributed by atoms with Crippen LogP contribution in [0, 0.1) is 0 Å². The third kappa shape index (κ3) is 7.69. The van der Waals surface area contributed by atoms with E-state index in [1.807, 2.05) is 30.3 Å². The molecule has 0 bridgehead atoms. The number of hydrogen-bond donors (Lipinski definition) is 4. The molecule has 0 saturated carbocycles. The van der Waals surface area contributed by atoms with Crippen LogP contribution in [0.5, 0.6) is 5.75 Å². The van der Waals surface area contributed by atoms with Crippen molar-refractivity contribution in [3.05, 3.63) is 60.2 Å². The number of carbonyl (C=O) groups is 2. The fourth-order valence-electron chi connectivity index (χ4n) is 1.55. The van der Waals surface area contributed by atoms with Crippen molar-refractivity contribution in [2.24, 2.45) is 0 Å². The second-order valence-electron chi connectivity index (χ2n) is 5.02. The number of carboxylic acid groups (broad SMARTS) is 1.